The van der Waals surface area contributed by atoms with Crippen molar-refractivity contribution in [2.24, 2.45) is 0 Å². The molecule has 0 amide bonds. The van der Waals surface area contributed by atoms with Crippen LogP contribution in [-0.2, 0) is 0 Å². The van der Waals surface area contributed by atoms with Crippen molar-refractivity contribution in [3.8, 4) is 11.5 Å². The second-order valence-corrected chi connectivity index (χ2v) is 5.93. The van der Waals surface area contributed by atoms with Crippen LogP contribution in [0.5, 0.6) is 11.5 Å². The first-order valence-corrected chi connectivity index (χ1v) is 7.32. The van der Waals surface area contributed by atoms with Crippen LogP contribution < -0.4 is 15.2 Å². The predicted octanol–water partition coefficient (Wildman–Crippen LogP) is 3.35. The van der Waals surface area contributed by atoms with E-state index in [1.54, 1.807) is 12.3 Å². The molecule has 0 saturated heterocycles. The molecule has 0 radical (unpaired) electrons. The molecular weight excluding hydrogens is 328 g/mol. The summed E-state index contributed by atoms with van der Waals surface area (Å²) in [4.78, 5) is 5.23. The molecule has 4 nitrogen and oxygen atoms in total. The molecule has 0 saturated carbocycles. The van der Waals surface area contributed by atoms with Gasteiger partial charge in [0.2, 0.25) is 0 Å². The van der Waals surface area contributed by atoms with E-state index in [0.717, 1.165) is 20.1 Å². The smallest absolute Gasteiger partial charge is 0.163 e. The zero-order chi connectivity index (χ0) is 13.2. The Morgan fingerprint density at radius 3 is 2.58 bits per heavy atom. The summed E-state index contributed by atoms with van der Waals surface area (Å²) in [7, 11) is 0. The lowest BCUT2D eigenvalue weighted by molar-refractivity contribution is 0.171. The van der Waals surface area contributed by atoms with Crippen molar-refractivity contribution in [3.05, 3.63) is 34.9 Å². The molecule has 1 aliphatic rings. The Bertz CT molecular complexity index is 604. The first-order chi connectivity index (χ1) is 9.22. The zero-order valence-corrected chi connectivity index (χ0v) is 12.3. The van der Waals surface area contributed by atoms with E-state index in [2.05, 4.69) is 20.9 Å². The summed E-state index contributed by atoms with van der Waals surface area (Å²) in [5.74, 6) is 1.44. The number of halogens is 1. The SMILES string of the molecule is Nc1cc2c(cc1Sc1ccc(Br)cn1)OCCO2. The quantitative estimate of drug-likeness (QED) is 0.851. The summed E-state index contributed by atoms with van der Waals surface area (Å²) in [5, 5.41) is 0.881. The highest BCUT2D eigenvalue weighted by molar-refractivity contribution is 9.10. The third-order valence-corrected chi connectivity index (χ3v) is 4.08. The van der Waals surface area contributed by atoms with E-state index in [-0.39, 0.29) is 0 Å². The van der Waals surface area contributed by atoms with E-state index in [1.807, 2.05) is 18.2 Å². The van der Waals surface area contributed by atoms with Gasteiger partial charge in [-0.3, -0.25) is 0 Å². The molecule has 0 fully saturated rings. The standard InChI is InChI=1S/C13H11BrN2O2S/c14-8-1-2-13(16-7-8)19-12-6-11-10(5-9(12)15)17-3-4-18-11/h1-2,5-7H,3-4,15H2. The second kappa shape index (κ2) is 5.30. The molecule has 1 aromatic carbocycles. The van der Waals surface area contributed by atoms with Crippen LogP contribution in [0.25, 0.3) is 0 Å². The van der Waals surface area contributed by atoms with E-state index in [9.17, 15) is 0 Å². The van der Waals surface area contributed by atoms with Crippen molar-refractivity contribution in [2.75, 3.05) is 18.9 Å². The Balaban J connectivity index is 1.90. The van der Waals surface area contributed by atoms with Crippen LogP contribution >= 0.6 is 27.7 Å². The lowest BCUT2D eigenvalue weighted by atomic mass is 10.2. The van der Waals surface area contributed by atoms with Crippen LogP contribution in [0.4, 0.5) is 5.69 Å². The molecule has 2 N–H and O–H groups in total. The lowest BCUT2D eigenvalue weighted by Gasteiger charge is -2.19. The molecule has 1 aliphatic heterocycles. The fraction of sp³-hybridized carbons (Fsp3) is 0.154. The largest absolute Gasteiger partial charge is 0.486 e. The van der Waals surface area contributed by atoms with Gasteiger partial charge in [-0.15, -0.1) is 0 Å². The van der Waals surface area contributed by atoms with Crippen molar-refractivity contribution in [1.29, 1.82) is 0 Å². The Kier molecular flexibility index (Phi) is 3.52. The van der Waals surface area contributed by atoms with Gasteiger partial charge in [-0.2, -0.15) is 0 Å². The van der Waals surface area contributed by atoms with E-state index in [1.165, 1.54) is 11.8 Å². The number of aromatic nitrogens is 1. The highest BCUT2D eigenvalue weighted by Crippen LogP contribution is 2.40. The van der Waals surface area contributed by atoms with Crippen molar-refractivity contribution in [3.63, 3.8) is 0 Å². The number of anilines is 1. The highest BCUT2D eigenvalue weighted by Gasteiger charge is 2.15. The lowest BCUT2D eigenvalue weighted by Crippen LogP contribution is -2.15. The van der Waals surface area contributed by atoms with Crippen LogP contribution in [-0.4, -0.2) is 18.2 Å². The van der Waals surface area contributed by atoms with E-state index < -0.39 is 0 Å². The minimum atomic E-state index is 0.563. The van der Waals surface area contributed by atoms with Crippen molar-refractivity contribution in [2.45, 2.75) is 9.92 Å². The Morgan fingerprint density at radius 2 is 1.89 bits per heavy atom. The molecule has 2 heterocycles. The molecule has 19 heavy (non-hydrogen) atoms. The van der Waals surface area contributed by atoms with Gasteiger partial charge in [0, 0.05) is 33.4 Å². The monoisotopic (exact) mass is 338 g/mol. The molecular formula is C13H11BrN2O2S. The van der Waals surface area contributed by atoms with Gasteiger partial charge in [-0.05, 0) is 28.1 Å². The van der Waals surface area contributed by atoms with Gasteiger partial charge in [0.1, 0.15) is 18.2 Å². The highest BCUT2D eigenvalue weighted by atomic mass is 79.9. The number of pyridine rings is 1. The maximum absolute atomic E-state index is 6.03. The van der Waals surface area contributed by atoms with Crippen molar-refractivity contribution >= 4 is 33.4 Å². The molecule has 0 atom stereocenters. The summed E-state index contributed by atoms with van der Waals surface area (Å²) in [6.45, 7) is 1.13. The zero-order valence-electron chi connectivity index (χ0n) is 9.93. The van der Waals surface area contributed by atoms with Gasteiger partial charge in [-0.1, -0.05) is 11.8 Å². The number of nitrogens with zero attached hydrogens (tertiary/aromatic N) is 1. The number of fused-ring (bicyclic) bond motifs is 1. The summed E-state index contributed by atoms with van der Waals surface area (Å²) < 4.78 is 12.0. The van der Waals surface area contributed by atoms with Gasteiger partial charge in [0.25, 0.3) is 0 Å². The summed E-state index contributed by atoms with van der Waals surface area (Å²) >= 11 is 4.86. The Morgan fingerprint density at radius 1 is 1.16 bits per heavy atom. The van der Waals surface area contributed by atoms with Crippen LogP contribution in [0.1, 0.15) is 0 Å². The number of hydrogen-bond acceptors (Lipinski definition) is 5. The van der Waals surface area contributed by atoms with Gasteiger partial charge in [-0.25, -0.2) is 4.98 Å². The number of ether oxygens (including phenoxy) is 2. The second-order valence-electron chi connectivity index (χ2n) is 3.95. The molecule has 2 aromatic rings. The molecule has 0 spiro atoms. The average molecular weight is 339 g/mol. The van der Waals surface area contributed by atoms with E-state index in [0.29, 0.717) is 24.7 Å². The number of rotatable bonds is 2. The molecule has 6 heteroatoms. The van der Waals surface area contributed by atoms with E-state index in [4.69, 9.17) is 15.2 Å². The predicted molar refractivity (Wildman–Crippen MR) is 77.9 cm³/mol. The van der Waals surface area contributed by atoms with Gasteiger partial charge in [0.05, 0.1) is 0 Å². The van der Waals surface area contributed by atoms with Gasteiger partial charge < -0.3 is 15.2 Å². The Hall–Kier alpha value is -1.40. The van der Waals surface area contributed by atoms with Crippen LogP contribution in [0.3, 0.4) is 0 Å². The molecule has 0 aliphatic carbocycles. The minimum Gasteiger partial charge on any atom is -0.486 e. The maximum Gasteiger partial charge on any atom is 0.163 e. The van der Waals surface area contributed by atoms with Crippen molar-refractivity contribution in [1.82, 2.24) is 4.98 Å². The molecule has 1 aromatic heterocycles. The van der Waals surface area contributed by atoms with Gasteiger partial charge >= 0.3 is 0 Å². The third-order valence-electron chi connectivity index (χ3n) is 2.59. The first kappa shape index (κ1) is 12.6. The van der Waals surface area contributed by atoms with Crippen LogP contribution in [0.15, 0.2) is 44.9 Å². The minimum absolute atomic E-state index is 0.563. The Labute approximate surface area is 123 Å². The molecule has 98 valence electrons. The fourth-order valence-corrected chi connectivity index (χ4v) is 2.75. The molecule has 3 rings (SSSR count). The van der Waals surface area contributed by atoms with Crippen LogP contribution in [0.2, 0.25) is 0 Å². The number of nitrogen functional groups attached to an aromatic ring is 1. The average Bonchev–Trinajstić information content (AvgIpc) is 2.42. The molecule has 0 bridgehead atoms. The first-order valence-electron chi connectivity index (χ1n) is 5.71. The topological polar surface area (TPSA) is 57.4 Å². The number of nitrogens with two attached hydrogens (primary N) is 1. The normalized spacial score (nSPS) is 13.3. The molecule has 0 unspecified atom stereocenters. The number of benzene rings is 1. The van der Waals surface area contributed by atoms with E-state index >= 15 is 0 Å². The van der Waals surface area contributed by atoms with Crippen molar-refractivity contribution < 1.29 is 9.47 Å². The number of hydrogen-bond donors (Lipinski definition) is 1. The third kappa shape index (κ3) is 2.79. The maximum atomic E-state index is 6.03. The van der Waals surface area contributed by atoms with Crippen LogP contribution in [0, 0.1) is 0 Å². The summed E-state index contributed by atoms with van der Waals surface area (Å²) in [6.07, 6.45) is 1.76. The summed E-state index contributed by atoms with van der Waals surface area (Å²) in [5.41, 5.74) is 6.69. The fourth-order valence-electron chi connectivity index (χ4n) is 1.71. The van der Waals surface area contributed by atoms with Gasteiger partial charge in [0.15, 0.2) is 11.5 Å². The summed E-state index contributed by atoms with van der Waals surface area (Å²) in [6, 6.07) is 7.59.